The lowest BCUT2D eigenvalue weighted by atomic mass is 10.1. The molecule has 1 amide bonds. The molecule has 1 fully saturated rings. The minimum atomic E-state index is -3.64. The van der Waals surface area contributed by atoms with Gasteiger partial charge in [-0.25, -0.2) is 8.42 Å². The number of hydrogen-bond donors (Lipinski definition) is 1. The molecular formula is C25H33N3O3S. The topological polar surface area (TPSA) is 69.7 Å². The van der Waals surface area contributed by atoms with Crippen LogP contribution in [-0.4, -0.2) is 62.8 Å². The molecule has 32 heavy (non-hydrogen) atoms. The van der Waals surface area contributed by atoms with Crippen molar-refractivity contribution in [1.82, 2.24) is 14.5 Å². The van der Waals surface area contributed by atoms with Crippen molar-refractivity contribution in [2.75, 3.05) is 39.3 Å². The van der Waals surface area contributed by atoms with E-state index in [1.807, 2.05) is 39.0 Å². The molecule has 0 radical (unpaired) electrons. The van der Waals surface area contributed by atoms with E-state index in [9.17, 15) is 13.2 Å². The van der Waals surface area contributed by atoms with E-state index in [1.54, 1.807) is 12.1 Å². The molecule has 172 valence electrons. The summed E-state index contributed by atoms with van der Waals surface area (Å²) in [5.74, 6) is 0.0910. The van der Waals surface area contributed by atoms with E-state index >= 15 is 0 Å². The number of nitrogens with one attached hydrogen (secondary N) is 1. The van der Waals surface area contributed by atoms with E-state index in [0.717, 1.165) is 17.7 Å². The number of piperazine rings is 1. The summed E-state index contributed by atoms with van der Waals surface area (Å²) >= 11 is 0. The quantitative estimate of drug-likeness (QED) is 0.662. The zero-order valence-electron chi connectivity index (χ0n) is 19.1. The predicted molar refractivity (Wildman–Crippen MR) is 129 cm³/mol. The number of aryl methyl sites for hydroxylation is 1. The molecule has 2 aromatic carbocycles. The smallest absolute Gasteiger partial charge is 0.251 e. The van der Waals surface area contributed by atoms with Gasteiger partial charge in [-0.15, -0.1) is 0 Å². The summed E-state index contributed by atoms with van der Waals surface area (Å²) in [5.41, 5.74) is 2.33. The molecule has 1 N–H and O–H groups in total. The lowest BCUT2D eigenvalue weighted by Crippen LogP contribution is -2.48. The number of amides is 1. The normalized spacial score (nSPS) is 16.0. The maximum atomic E-state index is 13.2. The Morgan fingerprint density at radius 3 is 2.41 bits per heavy atom. The number of rotatable bonds is 8. The van der Waals surface area contributed by atoms with E-state index in [4.69, 9.17) is 0 Å². The van der Waals surface area contributed by atoms with Crippen LogP contribution in [-0.2, 0) is 10.0 Å². The molecular weight excluding hydrogens is 422 g/mol. The lowest BCUT2D eigenvalue weighted by molar-refractivity contribution is 0.0948. The second-order valence-electron chi connectivity index (χ2n) is 8.60. The van der Waals surface area contributed by atoms with E-state index in [-0.39, 0.29) is 10.8 Å². The molecule has 0 aliphatic carbocycles. The van der Waals surface area contributed by atoms with Gasteiger partial charge in [0, 0.05) is 44.8 Å². The van der Waals surface area contributed by atoms with Crippen molar-refractivity contribution in [2.45, 2.75) is 25.7 Å². The minimum absolute atomic E-state index is 0.176. The molecule has 6 nitrogen and oxygen atoms in total. The van der Waals surface area contributed by atoms with Crippen LogP contribution < -0.4 is 5.32 Å². The fraction of sp³-hybridized carbons (Fsp3) is 0.400. The van der Waals surface area contributed by atoms with Crippen molar-refractivity contribution in [1.29, 1.82) is 0 Å². The van der Waals surface area contributed by atoms with E-state index < -0.39 is 10.0 Å². The van der Waals surface area contributed by atoms with Gasteiger partial charge in [-0.05, 0) is 36.1 Å². The van der Waals surface area contributed by atoms with Gasteiger partial charge in [0.25, 0.3) is 5.91 Å². The minimum Gasteiger partial charge on any atom is -0.352 e. The molecule has 1 aliphatic rings. The zero-order valence-corrected chi connectivity index (χ0v) is 19.9. The predicted octanol–water partition coefficient (Wildman–Crippen LogP) is 3.40. The average Bonchev–Trinajstić information content (AvgIpc) is 2.78. The number of carbonyl (C=O) groups is 1. The van der Waals surface area contributed by atoms with Crippen LogP contribution in [0.4, 0.5) is 0 Å². The lowest BCUT2D eigenvalue weighted by Gasteiger charge is -2.33. The number of carbonyl (C=O) groups excluding carboxylic acids is 1. The van der Waals surface area contributed by atoms with Gasteiger partial charge in [0.1, 0.15) is 0 Å². The molecule has 0 unspecified atom stereocenters. The zero-order chi connectivity index (χ0) is 23.1. The van der Waals surface area contributed by atoms with Gasteiger partial charge in [0.15, 0.2) is 0 Å². The van der Waals surface area contributed by atoms with Crippen LogP contribution in [0.15, 0.2) is 59.5 Å². The molecule has 1 saturated heterocycles. The Balaban J connectivity index is 1.62. The van der Waals surface area contributed by atoms with Gasteiger partial charge in [-0.1, -0.05) is 62.4 Å². The third kappa shape index (κ3) is 6.28. The van der Waals surface area contributed by atoms with E-state index in [1.165, 1.54) is 10.4 Å². The summed E-state index contributed by atoms with van der Waals surface area (Å²) in [5, 5.41) is 2.87. The monoisotopic (exact) mass is 455 g/mol. The fourth-order valence-electron chi connectivity index (χ4n) is 3.60. The second kappa shape index (κ2) is 10.9. The molecule has 2 aromatic rings. The molecule has 1 heterocycles. The summed E-state index contributed by atoms with van der Waals surface area (Å²) in [6.45, 7) is 9.41. The fourth-order valence-corrected chi connectivity index (χ4v) is 5.05. The Morgan fingerprint density at radius 2 is 1.75 bits per heavy atom. The van der Waals surface area contributed by atoms with Crippen molar-refractivity contribution in [3.05, 3.63) is 71.3 Å². The van der Waals surface area contributed by atoms with Crippen LogP contribution in [0.5, 0.6) is 0 Å². The first-order valence-electron chi connectivity index (χ1n) is 11.1. The van der Waals surface area contributed by atoms with Crippen molar-refractivity contribution in [3.63, 3.8) is 0 Å². The van der Waals surface area contributed by atoms with Crippen LogP contribution in [0.2, 0.25) is 0 Å². The summed E-state index contributed by atoms with van der Waals surface area (Å²) in [7, 11) is -3.64. The van der Waals surface area contributed by atoms with Gasteiger partial charge < -0.3 is 5.32 Å². The molecule has 0 bridgehead atoms. The Labute approximate surface area is 192 Å². The van der Waals surface area contributed by atoms with Crippen LogP contribution in [0.1, 0.15) is 35.3 Å². The first kappa shape index (κ1) is 24.2. The Hall–Kier alpha value is -2.48. The standard InChI is InChI=1S/C25H33N3O3S/c1-20(2)19-26-25(29)24-18-23(12-11-21(24)3)32(30,31)28-16-14-27(15-17-28)13-7-10-22-8-5-4-6-9-22/h4-12,18,20H,13-17,19H2,1-3H3,(H,26,29)/b10-7+. The van der Waals surface area contributed by atoms with Crippen LogP contribution in [0.3, 0.4) is 0 Å². The van der Waals surface area contributed by atoms with Gasteiger partial charge >= 0.3 is 0 Å². The third-order valence-electron chi connectivity index (χ3n) is 5.57. The molecule has 0 aromatic heterocycles. The van der Waals surface area contributed by atoms with Crippen molar-refractivity contribution in [2.24, 2.45) is 5.92 Å². The van der Waals surface area contributed by atoms with E-state index in [2.05, 4.69) is 34.5 Å². The van der Waals surface area contributed by atoms with Gasteiger partial charge in [0.2, 0.25) is 10.0 Å². The molecule has 0 atom stereocenters. The van der Waals surface area contributed by atoms with Gasteiger partial charge in [-0.2, -0.15) is 4.31 Å². The van der Waals surface area contributed by atoms with Gasteiger partial charge in [0.05, 0.1) is 4.90 Å². The Bertz CT molecular complexity index is 1040. The largest absolute Gasteiger partial charge is 0.352 e. The Morgan fingerprint density at radius 1 is 1.06 bits per heavy atom. The number of benzene rings is 2. The van der Waals surface area contributed by atoms with Crippen LogP contribution in [0.25, 0.3) is 6.08 Å². The first-order valence-corrected chi connectivity index (χ1v) is 12.5. The Kier molecular flexibility index (Phi) is 8.23. The van der Waals surface area contributed by atoms with Gasteiger partial charge in [-0.3, -0.25) is 9.69 Å². The summed E-state index contributed by atoms with van der Waals surface area (Å²) < 4.78 is 27.9. The van der Waals surface area contributed by atoms with Crippen LogP contribution >= 0.6 is 0 Å². The highest BCUT2D eigenvalue weighted by Crippen LogP contribution is 2.21. The molecule has 1 aliphatic heterocycles. The number of nitrogens with zero attached hydrogens (tertiary/aromatic N) is 2. The highest BCUT2D eigenvalue weighted by atomic mass is 32.2. The molecule has 0 spiro atoms. The van der Waals surface area contributed by atoms with Crippen molar-refractivity contribution < 1.29 is 13.2 Å². The van der Waals surface area contributed by atoms with E-state index in [0.29, 0.717) is 44.2 Å². The maximum Gasteiger partial charge on any atom is 0.251 e. The molecule has 7 heteroatoms. The molecule has 0 saturated carbocycles. The second-order valence-corrected chi connectivity index (χ2v) is 10.5. The van der Waals surface area contributed by atoms with Crippen molar-refractivity contribution in [3.8, 4) is 0 Å². The first-order chi connectivity index (χ1) is 15.3. The molecule has 3 rings (SSSR count). The third-order valence-corrected chi connectivity index (χ3v) is 7.46. The summed E-state index contributed by atoms with van der Waals surface area (Å²) in [4.78, 5) is 15.0. The highest BCUT2D eigenvalue weighted by Gasteiger charge is 2.29. The summed E-state index contributed by atoms with van der Waals surface area (Å²) in [6, 6.07) is 14.9. The van der Waals surface area contributed by atoms with Crippen LogP contribution in [0, 0.1) is 12.8 Å². The maximum absolute atomic E-state index is 13.2. The number of hydrogen-bond acceptors (Lipinski definition) is 4. The highest BCUT2D eigenvalue weighted by molar-refractivity contribution is 7.89. The number of sulfonamides is 1. The van der Waals surface area contributed by atoms with Crippen molar-refractivity contribution >= 4 is 22.0 Å². The SMILES string of the molecule is Cc1ccc(S(=O)(=O)N2CCN(C/C=C/c3ccccc3)CC2)cc1C(=O)NCC(C)C. The average molecular weight is 456 g/mol. The summed E-state index contributed by atoms with van der Waals surface area (Å²) in [6.07, 6.45) is 4.20.